The van der Waals surface area contributed by atoms with Gasteiger partial charge < -0.3 is 31.3 Å². The van der Waals surface area contributed by atoms with E-state index in [9.17, 15) is 39.9 Å². The van der Waals surface area contributed by atoms with Crippen LogP contribution in [-0.4, -0.2) is 91.2 Å². The Bertz CT molecular complexity index is 1420. The first-order valence-electron chi connectivity index (χ1n) is 10.8. The maximum absolute atomic E-state index is 13.7. The number of phenols is 1. The van der Waals surface area contributed by atoms with Gasteiger partial charge in [0.05, 0.1) is 17.2 Å². The van der Waals surface area contributed by atoms with E-state index in [0.717, 1.165) is 0 Å². The lowest BCUT2D eigenvalue weighted by molar-refractivity contribution is -0.159. The van der Waals surface area contributed by atoms with E-state index < -0.39 is 85.4 Å². The van der Waals surface area contributed by atoms with Crippen molar-refractivity contribution in [2.45, 2.75) is 30.6 Å². The number of Topliss-reactive ketones (excluding diaryl/α,β-unsaturated/α-hetero) is 2. The fourth-order valence-corrected chi connectivity index (χ4v) is 5.93. The third-order valence-corrected chi connectivity index (χ3v) is 7.39. The zero-order chi connectivity index (χ0) is 29.3. The number of likely N-dealkylation sites (N-methyl/N-ethyl adjacent to an activating group) is 1. The molecule has 0 aliphatic heterocycles. The highest BCUT2D eigenvalue weighted by Crippen LogP contribution is 2.58. The van der Waals surface area contributed by atoms with E-state index >= 15 is 0 Å². The van der Waals surface area contributed by atoms with Gasteiger partial charge in [-0.15, -0.1) is 0 Å². The quantitative estimate of drug-likeness (QED) is 0.165. The van der Waals surface area contributed by atoms with Crippen molar-refractivity contribution >= 4 is 45.2 Å². The van der Waals surface area contributed by atoms with Crippen LogP contribution in [0.1, 0.15) is 24.5 Å². The van der Waals surface area contributed by atoms with Crippen molar-refractivity contribution in [1.82, 2.24) is 4.90 Å². The fourth-order valence-electron chi connectivity index (χ4n) is 5.58. The van der Waals surface area contributed by atoms with E-state index in [4.69, 9.17) is 34.9 Å². The average molecular weight is 577 g/mol. The molecule has 38 heavy (non-hydrogen) atoms. The van der Waals surface area contributed by atoms with E-state index in [1.807, 2.05) is 0 Å². The van der Waals surface area contributed by atoms with Crippen molar-refractivity contribution in [3.05, 3.63) is 45.2 Å². The highest BCUT2D eigenvalue weighted by atomic mass is 35.5. The van der Waals surface area contributed by atoms with Gasteiger partial charge in [-0.3, -0.25) is 28.4 Å². The minimum Gasteiger partial charge on any atom is -0.508 e. The molecule has 0 spiro atoms. The minimum atomic E-state index is -4.67. The van der Waals surface area contributed by atoms with Gasteiger partial charge in [0.1, 0.15) is 22.8 Å². The predicted molar refractivity (Wildman–Crippen MR) is 129 cm³/mol. The van der Waals surface area contributed by atoms with Crippen LogP contribution in [0.2, 0.25) is 5.02 Å². The van der Waals surface area contributed by atoms with Crippen LogP contribution in [-0.2, 0) is 30.4 Å². The van der Waals surface area contributed by atoms with Crippen molar-refractivity contribution in [1.29, 1.82) is 0 Å². The molecule has 4 rings (SSSR count). The fraction of sp³-hybridized carbons (Fsp3) is 0.409. The number of hydrogen-bond donors (Lipinski definition) is 8. The molecule has 0 saturated heterocycles. The number of fused-ring (bicyclic) bond motifs is 3. The van der Waals surface area contributed by atoms with Gasteiger partial charge in [0.2, 0.25) is 5.78 Å². The maximum Gasteiger partial charge on any atom is 0.394 e. The first-order chi connectivity index (χ1) is 17.2. The Labute approximate surface area is 220 Å². The van der Waals surface area contributed by atoms with E-state index in [1.54, 1.807) is 0 Å². The molecule has 1 amide bonds. The molecular weight excluding hydrogens is 552 g/mol. The standard InChI is InChI=1S/C22H23ClN2O8.H2O4S/c1-21(32)7-6-8-15(25(2)3)17(28)13(20(24)31)19(30)22(8,33)18(29)11(7)16(27)12-10(26)5-4-9(23)14(12)21;1-5(2,3)4/h4-5,7-8,15,26-27,30,32-33H,6H2,1-3H3,(H2,24,31);(H2,1,2,3,4)/t7-,8-,15-,21-,22-;/m0./s1. The number of aromatic hydroxyl groups is 1. The molecule has 1 saturated carbocycles. The lowest BCUT2D eigenvalue weighted by Crippen LogP contribution is -2.67. The van der Waals surface area contributed by atoms with Crippen molar-refractivity contribution in [2.24, 2.45) is 17.6 Å². The number of aliphatic hydroxyl groups excluding tert-OH is 2. The molecule has 1 aromatic rings. The van der Waals surface area contributed by atoms with E-state index in [0.29, 0.717) is 0 Å². The molecule has 3 aliphatic carbocycles. The van der Waals surface area contributed by atoms with Crippen LogP contribution in [0.3, 0.4) is 0 Å². The summed E-state index contributed by atoms with van der Waals surface area (Å²) in [5, 5.41) is 55.2. The van der Waals surface area contributed by atoms with E-state index in [2.05, 4.69) is 0 Å². The molecule has 0 unspecified atom stereocenters. The molecule has 0 bridgehead atoms. The summed E-state index contributed by atoms with van der Waals surface area (Å²) in [4.78, 5) is 40.1. The molecule has 3 aliphatic rings. The first-order valence-corrected chi connectivity index (χ1v) is 12.5. The number of hydrogen-bond acceptors (Lipinski definition) is 11. The number of benzene rings is 1. The molecule has 0 heterocycles. The Morgan fingerprint density at radius 1 is 1.13 bits per heavy atom. The molecule has 0 radical (unpaired) electrons. The Morgan fingerprint density at radius 3 is 2.13 bits per heavy atom. The topological polar surface area (TPSA) is 256 Å². The number of nitrogens with zero attached hydrogens (tertiary/aromatic N) is 1. The van der Waals surface area contributed by atoms with Crippen LogP contribution in [0, 0.1) is 11.8 Å². The van der Waals surface area contributed by atoms with E-state index in [-0.39, 0.29) is 22.6 Å². The van der Waals surface area contributed by atoms with Crippen molar-refractivity contribution in [2.75, 3.05) is 14.1 Å². The summed E-state index contributed by atoms with van der Waals surface area (Å²) in [6, 6.07) is 1.24. The van der Waals surface area contributed by atoms with Gasteiger partial charge in [-0.1, -0.05) is 11.6 Å². The number of carbonyl (C=O) groups is 3. The van der Waals surface area contributed by atoms with Crippen LogP contribution < -0.4 is 5.73 Å². The minimum absolute atomic E-state index is 0.0187. The van der Waals surface area contributed by atoms with Gasteiger partial charge in [0.25, 0.3) is 5.91 Å². The molecule has 208 valence electrons. The number of ketones is 2. The highest BCUT2D eigenvalue weighted by molar-refractivity contribution is 7.79. The van der Waals surface area contributed by atoms with E-state index in [1.165, 1.54) is 38.1 Å². The number of carbonyl (C=O) groups excluding carboxylic acids is 3. The number of amides is 1. The zero-order valence-electron chi connectivity index (χ0n) is 20.1. The Morgan fingerprint density at radius 2 is 1.66 bits per heavy atom. The normalized spacial score (nSPS) is 30.8. The Hall–Kier alpha value is -3.05. The number of phenolic OH excluding ortho intramolecular Hbond substituents is 1. The average Bonchev–Trinajstić information content (AvgIpc) is 2.74. The SMILES string of the molecule is CN(C)[C@@H]1C(=O)C(C(N)=O)=C(O)[C@@]2(O)C(=O)C3=C(O)c4c(O)ccc(Cl)c4[C@@](C)(O)[C@H]3C[C@@H]12.O=S(=O)(O)O. The number of halogens is 1. The van der Waals surface area contributed by atoms with Gasteiger partial charge in [0, 0.05) is 28.0 Å². The summed E-state index contributed by atoms with van der Waals surface area (Å²) in [7, 11) is -1.69. The number of primary amides is 1. The van der Waals surface area contributed by atoms with Gasteiger partial charge in [-0.25, -0.2) is 0 Å². The Kier molecular flexibility index (Phi) is 7.22. The van der Waals surface area contributed by atoms with Crippen LogP contribution in [0.15, 0.2) is 29.0 Å². The van der Waals surface area contributed by atoms with Crippen LogP contribution in [0.25, 0.3) is 5.76 Å². The van der Waals surface area contributed by atoms with Gasteiger partial charge in [-0.05, 0) is 39.6 Å². The van der Waals surface area contributed by atoms with Crippen molar-refractivity contribution in [3.8, 4) is 5.75 Å². The summed E-state index contributed by atoms with van der Waals surface area (Å²) in [5.41, 5.74) is -1.10. The molecule has 5 atom stereocenters. The van der Waals surface area contributed by atoms with Crippen LogP contribution in [0.4, 0.5) is 0 Å². The first kappa shape index (κ1) is 29.5. The van der Waals surface area contributed by atoms with Crippen molar-refractivity contribution < 1.29 is 57.4 Å². The summed E-state index contributed by atoms with van der Waals surface area (Å²) in [6.45, 7) is 1.34. The van der Waals surface area contributed by atoms with Crippen LogP contribution >= 0.6 is 11.6 Å². The number of aliphatic hydroxyl groups is 4. The summed E-state index contributed by atoms with van der Waals surface area (Å²) < 4.78 is 31.6. The molecule has 1 fully saturated rings. The second kappa shape index (κ2) is 9.30. The lowest BCUT2D eigenvalue weighted by atomic mass is 9.54. The molecule has 16 heteroatoms. The molecule has 9 N–H and O–H groups in total. The third kappa shape index (κ3) is 4.35. The van der Waals surface area contributed by atoms with Crippen LogP contribution in [0.5, 0.6) is 5.75 Å². The molecule has 14 nitrogen and oxygen atoms in total. The summed E-state index contributed by atoms with van der Waals surface area (Å²) >= 11 is 6.28. The Balaban J connectivity index is 0.000000732. The maximum atomic E-state index is 13.7. The lowest BCUT2D eigenvalue weighted by Gasteiger charge is -2.53. The van der Waals surface area contributed by atoms with Gasteiger partial charge >= 0.3 is 10.4 Å². The smallest absolute Gasteiger partial charge is 0.394 e. The highest BCUT2D eigenvalue weighted by Gasteiger charge is 2.66. The summed E-state index contributed by atoms with van der Waals surface area (Å²) in [5.74, 6) is -8.30. The van der Waals surface area contributed by atoms with Crippen molar-refractivity contribution in [3.63, 3.8) is 0 Å². The molecular formula is C22H25ClN2O12S. The summed E-state index contributed by atoms with van der Waals surface area (Å²) in [6.07, 6.45) is -0.259. The van der Waals surface area contributed by atoms with Gasteiger partial charge in [0.15, 0.2) is 11.4 Å². The molecule has 1 aromatic carbocycles. The molecule has 0 aromatic heterocycles. The van der Waals surface area contributed by atoms with Gasteiger partial charge in [-0.2, -0.15) is 8.42 Å². The largest absolute Gasteiger partial charge is 0.508 e. The number of nitrogens with two attached hydrogens (primary N) is 1. The third-order valence-electron chi connectivity index (χ3n) is 7.07. The second-order valence-corrected chi connectivity index (χ2v) is 10.8. The second-order valence-electron chi connectivity index (χ2n) is 9.52. The zero-order valence-corrected chi connectivity index (χ0v) is 21.6. The number of rotatable bonds is 2. The predicted octanol–water partition coefficient (Wildman–Crippen LogP) is -0.370. The monoisotopic (exact) mass is 576 g/mol.